The van der Waals surface area contributed by atoms with Crippen molar-refractivity contribution >= 4 is 0 Å². The average molecular weight is 179 g/mol. The Morgan fingerprint density at radius 1 is 1.23 bits per heavy atom. The number of benzene rings is 1. The van der Waals surface area contributed by atoms with Gasteiger partial charge < -0.3 is 10.8 Å². The van der Waals surface area contributed by atoms with Gasteiger partial charge in [-0.1, -0.05) is 6.07 Å². The maximum atomic E-state index is 9.65. The maximum Gasteiger partial charge on any atom is 0.121 e. The fourth-order valence-corrected chi connectivity index (χ4v) is 1.57. The molecule has 0 aliphatic rings. The van der Waals surface area contributed by atoms with E-state index in [0.29, 0.717) is 12.3 Å². The predicted octanol–water partition coefficient (Wildman–Crippen LogP) is 1.82. The first-order valence-electron chi connectivity index (χ1n) is 4.56. The molecule has 1 aromatic rings. The molecular formula is C11H17NO. The second kappa shape index (κ2) is 3.79. The standard InChI is InChI=1S/C11H17NO/c1-7-6-10(4-5-12)8(2)9(3)11(7)13/h6,13H,4-5,12H2,1-3H3. The molecule has 0 fully saturated rings. The minimum Gasteiger partial charge on any atom is -0.507 e. The number of phenolic OH excluding ortho intramolecular Hbond substituents is 1. The summed E-state index contributed by atoms with van der Waals surface area (Å²) in [5, 5.41) is 9.65. The first-order chi connectivity index (χ1) is 6.07. The van der Waals surface area contributed by atoms with Gasteiger partial charge in [0.05, 0.1) is 0 Å². The van der Waals surface area contributed by atoms with E-state index in [1.54, 1.807) is 0 Å². The van der Waals surface area contributed by atoms with Gasteiger partial charge in [-0.25, -0.2) is 0 Å². The zero-order valence-corrected chi connectivity index (χ0v) is 8.52. The quantitative estimate of drug-likeness (QED) is 0.727. The van der Waals surface area contributed by atoms with Crippen LogP contribution in [-0.2, 0) is 6.42 Å². The summed E-state index contributed by atoms with van der Waals surface area (Å²) in [6.07, 6.45) is 0.883. The van der Waals surface area contributed by atoms with E-state index in [9.17, 15) is 5.11 Å². The fraction of sp³-hybridized carbons (Fsp3) is 0.455. The molecule has 3 N–H and O–H groups in total. The van der Waals surface area contributed by atoms with Gasteiger partial charge in [0, 0.05) is 0 Å². The summed E-state index contributed by atoms with van der Waals surface area (Å²) in [4.78, 5) is 0. The summed E-state index contributed by atoms with van der Waals surface area (Å²) in [5.41, 5.74) is 9.82. The minimum atomic E-state index is 0.415. The van der Waals surface area contributed by atoms with Crippen LogP contribution in [0.2, 0.25) is 0 Å². The molecule has 13 heavy (non-hydrogen) atoms. The number of hydrogen-bond donors (Lipinski definition) is 2. The summed E-state index contributed by atoms with van der Waals surface area (Å²) in [6.45, 7) is 6.55. The van der Waals surface area contributed by atoms with Crippen molar-refractivity contribution in [2.24, 2.45) is 5.73 Å². The molecule has 0 unspecified atom stereocenters. The summed E-state index contributed by atoms with van der Waals surface area (Å²) < 4.78 is 0. The Morgan fingerprint density at radius 3 is 2.38 bits per heavy atom. The number of nitrogens with two attached hydrogens (primary N) is 1. The lowest BCUT2D eigenvalue weighted by Crippen LogP contribution is -2.05. The van der Waals surface area contributed by atoms with E-state index in [2.05, 4.69) is 0 Å². The number of hydrogen-bond acceptors (Lipinski definition) is 2. The van der Waals surface area contributed by atoms with E-state index in [1.165, 1.54) is 5.56 Å². The molecule has 0 heterocycles. The zero-order valence-electron chi connectivity index (χ0n) is 8.52. The van der Waals surface area contributed by atoms with Crippen molar-refractivity contribution in [1.82, 2.24) is 0 Å². The average Bonchev–Trinajstić information content (AvgIpc) is 2.11. The second-order valence-corrected chi connectivity index (χ2v) is 3.49. The Bertz CT molecular complexity index is 318. The van der Waals surface area contributed by atoms with Crippen LogP contribution in [0.1, 0.15) is 22.3 Å². The highest BCUT2D eigenvalue weighted by molar-refractivity contribution is 5.48. The van der Waals surface area contributed by atoms with Crippen LogP contribution in [0.5, 0.6) is 5.75 Å². The molecule has 0 spiro atoms. The zero-order chi connectivity index (χ0) is 10.0. The highest BCUT2D eigenvalue weighted by Crippen LogP contribution is 2.27. The minimum absolute atomic E-state index is 0.415. The van der Waals surface area contributed by atoms with Crippen molar-refractivity contribution in [2.75, 3.05) is 6.54 Å². The smallest absolute Gasteiger partial charge is 0.121 e. The fourth-order valence-electron chi connectivity index (χ4n) is 1.57. The lowest BCUT2D eigenvalue weighted by molar-refractivity contribution is 0.466. The van der Waals surface area contributed by atoms with Crippen molar-refractivity contribution < 1.29 is 5.11 Å². The van der Waals surface area contributed by atoms with Crippen LogP contribution in [-0.4, -0.2) is 11.7 Å². The van der Waals surface area contributed by atoms with Crippen LogP contribution in [0.3, 0.4) is 0 Å². The van der Waals surface area contributed by atoms with Crippen molar-refractivity contribution in [3.8, 4) is 5.75 Å². The highest BCUT2D eigenvalue weighted by Gasteiger charge is 2.07. The highest BCUT2D eigenvalue weighted by atomic mass is 16.3. The van der Waals surface area contributed by atoms with E-state index in [-0.39, 0.29) is 0 Å². The van der Waals surface area contributed by atoms with E-state index in [1.807, 2.05) is 26.8 Å². The van der Waals surface area contributed by atoms with Crippen LogP contribution in [0.15, 0.2) is 6.07 Å². The monoisotopic (exact) mass is 179 g/mol. The molecule has 0 aliphatic heterocycles. The molecule has 0 saturated carbocycles. The Kier molecular flexibility index (Phi) is 2.94. The van der Waals surface area contributed by atoms with Crippen LogP contribution in [0.25, 0.3) is 0 Å². The van der Waals surface area contributed by atoms with Crippen molar-refractivity contribution in [3.63, 3.8) is 0 Å². The third-order valence-electron chi connectivity index (χ3n) is 2.58. The van der Waals surface area contributed by atoms with Gasteiger partial charge in [-0.15, -0.1) is 0 Å². The van der Waals surface area contributed by atoms with Crippen LogP contribution < -0.4 is 5.73 Å². The van der Waals surface area contributed by atoms with Gasteiger partial charge in [0.2, 0.25) is 0 Å². The SMILES string of the molecule is Cc1cc(CCN)c(C)c(C)c1O. The summed E-state index contributed by atoms with van der Waals surface area (Å²) in [6, 6.07) is 2.02. The molecular weight excluding hydrogens is 162 g/mol. The molecule has 0 atom stereocenters. The summed E-state index contributed by atoms with van der Waals surface area (Å²) >= 11 is 0. The molecule has 0 aliphatic carbocycles. The third kappa shape index (κ3) is 1.83. The number of aryl methyl sites for hydroxylation is 1. The Morgan fingerprint density at radius 2 is 1.85 bits per heavy atom. The molecule has 0 saturated heterocycles. The number of aromatic hydroxyl groups is 1. The number of phenols is 1. The molecule has 1 rings (SSSR count). The molecule has 0 aromatic heterocycles. The number of rotatable bonds is 2. The van der Waals surface area contributed by atoms with Crippen LogP contribution in [0.4, 0.5) is 0 Å². The molecule has 0 amide bonds. The van der Waals surface area contributed by atoms with Gasteiger partial charge in [-0.05, 0) is 56.0 Å². The third-order valence-corrected chi connectivity index (χ3v) is 2.58. The molecule has 0 radical (unpaired) electrons. The van der Waals surface area contributed by atoms with E-state index >= 15 is 0 Å². The van der Waals surface area contributed by atoms with Crippen molar-refractivity contribution in [2.45, 2.75) is 27.2 Å². The van der Waals surface area contributed by atoms with E-state index in [0.717, 1.165) is 23.1 Å². The molecule has 1 aromatic carbocycles. The van der Waals surface area contributed by atoms with Gasteiger partial charge in [-0.2, -0.15) is 0 Å². The Hall–Kier alpha value is -1.02. The Balaban J connectivity index is 3.24. The topological polar surface area (TPSA) is 46.2 Å². The van der Waals surface area contributed by atoms with Gasteiger partial charge in [0.25, 0.3) is 0 Å². The lowest BCUT2D eigenvalue weighted by Gasteiger charge is -2.12. The second-order valence-electron chi connectivity index (χ2n) is 3.49. The molecule has 2 nitrogen and oxygen atoms in total. The lowest BCUT2D eigenvalue weighted by atomic mass is 9.97. The molecule has 0 bridgehead atoms. The van der Waals surface area contributed by atoms with Crippen molar-refractivity contribution in [3.05, 3.63) is 28.3 Å². The van der Waals surface area contributed by atoms with Crippen LogP contribution >= 0.6 is 0 Å². The van der Waals surface area contributed by atoms with Gasteiger partial charge in [-0.3, -0.25) is 0 Å². The normalized spacial score (nSPS) is 10.5. The van der Waals surface area contributed by atoms with Gasteiger partial charge >= 0.3 is 0 Å². The van der Waals surface area contributed by atoms with Gasteiger partial charge in [0.15, 0.2) is 0 Å². The summed E-state index contributed by atoms with van der Waals surface area (Å²) in [5.74, 6) is 0.415. The van der Waals surface area contributed by atoms with Crippen molar-refractivity contribution in [1.29, 1.82) is 0 Å². The first kappa shape index (κ1) is 10.1. The summed E-state index contributed by atoms with van der Waals surface area (Å²) in [7, 11) is 0. The first-order valence-corrected chi connectivity index (χ1v) is 4.56. The van der Waals surface area contributed by atoms with E-state index < -0.39 is 0 Å². The van der Waals surface area contributed by atoms with Gasteiger partial charge in [0.1, 0.15) is 5.75 Å². The largest absolute Gasteiger partial charge is 0.507 e. The molecule has 72 valence electrons. The van der Waals surface area contributed by atoms with Crippen LogP contribution in [0, 0.1) is 20.8 Å². The maximum absolute atomic E-state index is 9.65. The molecule has 2 heteroatoms. The van der Waals surface area contributed by atoms with E-state index in [4.69, 9.17) is 5.73 Å². The Labute approximate surface area is 79.4 Å². The predicted molar refractivity (Wildman–Crippen MR) is 55.1 cm³/mol.